The van der Waals surface area contributed by atoms with Gasteiger partial charge in [0.15, 0.2) is 0 Å². The van der Waals surface area contributed by atoms with Crippen molar-refractivity contribution in [2.24, 2.45) is 0 Å². The van der Waals surface area contributed by atoms with Crippen molar-refractivity contribution in [3.63, 3.8) is 0 Å². The number of amides is 1. The maximum absolute atomic E-state index is 11.8. The molecule has 0 aliphatic rings. The first-order valence-electron chi connectivity index (χ1n) is 5.44. The molecule has 19 heavy (non-hydrogen) atoms. The second kappa shape index (κ2) is 5.50. The number of aryl methyl sites for hydroxylation is 1. The fraction of sp³-hybridized carbons (Fsp3) is 0.167. The van der Waals surface area contributed by atoms with Crippen molar-refractivity contribution >= 4 is 23.2 Å². The molecular weight excluding hydrogens is 266 g/mol. The average molecular weight is 276 g/mol. The number of hydrogen-bond acceptors (Lipinski definition) is 4. The maximum Gasteiger partial charge on any atom is 0.252 e. The Hall–Kier alpha value is -2.39. The molecule has 1 heterocycles. The Bertz CT molecular complexity index is 658. The summed E-state index contributed by atoms with van der Waals surface area (Å²) in [7, 11) is 0. The normalized spacial score (nSPS) is 9.95. The Morgan fingerprint density at radius 2 is 2.37 bits per heavy atom. The summed E-state index contributed by atoms with van der Waals surface area (Å²) in [5, 5.41) is 15.7. The van der Waals surface area contributed by atoms with Gasteiger partial charge in [0.1, 0.15) is 18.9 Å². The molecule has 0 saturated heterocycles. The van der Waals surface area contributed by atoms with E-state index >= 15 is 0 Å². The van der Waals surface area contributed by atoms with Gasteiger partial charge >= 0.3 is 0 Å². The van der Waals surface area contributed by atoms with Crippen LogP contribution in [0, 0.1) is 18.3 Å². The van der Waals surface area contributed by atoms with Gasteiger partial charge in [-0.3, -0.25) is 4.79 Å². The molecule has 0 aliphatic heterocycles. The molecule has 0 fully saturated rings. The van der Waals surface area contributed by atoms with Crippen molar-refractivity contribution in [3.8, 4) is 6.07 Å². The monoisotopic (exact) mass is 275 g/mol. The highest BCUT2D eigenvalue weighted by Gasteiger charge is 2.08. The molecular formula is C12H10ClN5O. The van der Waals surface area contributed by atoms with Crippen LogP contribution < -0.4 is 5.32 Å². The molecule has 0 atom stereocenters. The summed E-state index contributed by atoms with van der Waals surface area (Å²) in [4.78, 5) is 15.5. The van der Waals surface area contributed by atoms with E-state index in [1.807, 2.05) is 13.0 Å². The van der Waals surface area contributed by atoms with Gasteiger partial charge in [0.05, 0.1) is 0 Å². The molecule has 0 aliphatic carbocycles. The van der Waals surface area contributed by atoms with E-state index in [0.717, 1.165) is 5.56 Å². The largest absolute Gasteiger partial charge is 0.324 e. The van der Waals surface area contributed by atoms with Gasteiger partial charge in [-0.1, -0.05) is 17.7 Å². The second-order valence-electron chi connectivity index (χ2n) is 3.88. The molecule has 7 heteroatoms. The molecule has 0 spiro atoms. The molecule has 96 valence electrons. The van der Waals surface area contributed by atoms with Crippen LogP contribution in [0.2, 0.25) is 5.02 Å². The zero-order valence-electron chi connectivity index (χ0n) is 10.1. The molecule has 0 saturated carbocycles. The lowest BCUT2D eigenvalue weighted by molar-refractivity contribution is -0.116. The fourth-order valence-corrected chi connectivity index (χ4v) is 1.66. The standard InChI is InChI=1S/C12H10ClN5O/c1-8-2-3-9(13)4-10(8)16-12(19)6-18-7-15-11(5-14)17-18/h2-4,7H,6H2,1H3,(H,16,19). The molecule has 0 radical (unpaired) electrons. The number of halogens is 1. The predicted octanol–water partition coefficient (Wildman–Crippen LogP) is 1.75. The number of hydrogen-bond donors (Lipinski definition) is 1. The van der Waals surface area contributed by atoms with Crippen molar-refractivity contribution in [3.05, 3.63) is 40.9 Å². The van der Waals surface area contributed by atoms with E-state index < -0.39 is 0 Å². The van der Waals surface area contributed by atoms with E-state index in [-0.39, 0.29) is 18.3 Å². The summed E-state index contributed by atoms with van der Waals surface area (Å²) in [6.07, 6.45) is 1.34. The van der Waals surface area contributed by atoms with Gasteiger partial charge in [-0.25, -0.2) is 9.67 Å². The third-order valence-corrected chi connectivity index (χ3v) is 2.65. The van der Waals surface area contributed by atoms with Gasteiger partial charge in [-0.2, -0.15) is 5.26 Å². The van der Waals surface area contributed by atoms with Gasteiger partial charge in [-0.15, -0.1) is 5.10 Å². The average Bonchev–Trinajstić information content (AvgIpc) is 2.81. The summed E-state index contributed by atoms with van der Waals surface area (Å²) in [6.45, 7) is 1.86. The zero-order valence-corrected chi connectivity index (χ0v) is 10.8. The van der Waals surface area contributed by atoms with Crippen LogP contribution in [0.15, 0.2) is 24.5 Å². The number of benzene rings is 1. The van der Waals surface area contributed by atoms with Crippen LogP contribution in [0.4, 0.5) is 5.69 Å². The Labute approximate surface area is 114 Å². The quantitative estimate of drug-likeness (QED) is 0.925. The minimum absolute atomic E-state index is 0.0133. The third kappa shape index (κ3) is 3.30. The SMILES string of the molecule is Cc1ccc(Cl)cc1NC(=O)Cn1cnc(C#N)n1. The number of rotatable bonds is 3. The smallest absolute Gasteiger partial charge is 0.252 e. The maximum atomic E-state index is 11.8. The molecule has 1 amide bonds. The van der Waals surface area contributed by atoms with Crippen LogP contribution in [-0.2, 0) is 11.3 Å². The van der Waals surface area contributed by atoms with Crippen molar-refractivity contribution in [1.29, 1.82) is 5.26 Å². The molecule has 2 rings (SSSR count). The Balaban J connectivity index is 2.05. The summed E-state index contributed by atoms with van der Waals surface area (Å²) in [6, 6.07) is 7.05. The van der Waals surface area contributed by atoms with Crippen molar-refractivity contribution in [1.82, 2.24) is 14.8 Å². The second-order valence-corrected chi connectivity index (χ2v) is 4.32. The highest BCUT2D eigenvalue weighted by molar-refractivity contribution is 6.31. The third-order valence-electron chi connectivity index (χ3n) is 2.42. The van der Waals surface area contributed by atoms with Crippen LogP contribution in [0.3, 0.4) is 0 Å². The van der Waals surface area contributed by atoms with E-state index in [9.17, 15) is 4.79 Å². The molecule has 6 nitrogen and oxygen atoms in total. The molecule has 1 aromatic carbocycles. The lowest BCUT2D eigenvalue weighted by Gasteiger charge is -2.08. The Morgan fingerprint density at radius 3 is 3.05 bits per heavy atom. The zero-order chi connectivity index (χ0) is 13.8. The van der Waals surface area contributed by atoms with Gasteiger partial charge in [-0.05, 0) is 24.6 Å². The van der Waals surface area contributed by atoms with Crippen LogP contribution in [-0.4, -0.2) is 20.7 Å². The number of aromatic nitrogens is 3. The molecule has 1 N–H and O–H groups in total. The molecule has 1 aromatic heterocycles. The number of carbonyl (C=O) groups is 1. The van der Waals surface area contributed by atoms with Gasteiger partial charge in [0.2, 0.25) is 5.91 Å². The van der Waals surface area contributed by atoms with E-state index in [1.165, 1.54) is 11.0 Å². The number of nitriles is 1. The minimum atomic E-state index is -0.264. The lowest BCUT2D eigenvalue weighted by atomic mass is 10.2. The first kappa shape index (κ1) is 13.1. The van der Waals surface area contributed by atoms with Crippen LogP contribution in [0.25, 0.3) is 0 Å². The van der Waals surface area contributed by atoms with Crippen molar-refractivity contribution < 1.29 is 4.79 Å². The summed E-state index contributed by atoms with van der Waals surface area (Å²) in [5.41, 5.74) is 1.56. The first-order chi connectivity index (χ1) is 9.08. The minimum Gasteiger partial charge on any atom is -0.324 e. The number of anilines is 1. The molecule has 2 aromatic rings. The van der Waals surface area contributed by atoms with Crippen LogP contribution in [0.1, 0.15) is 11.4 Å². The van der Waals surface area contributed by atoms with Crippen molar-refractivity contribution in [2.75, 3.05) is 5.32 Å². The highest BCUT2D eigenvalue weighted by atomic mass is 35.5. The summed E-state index contributed by atoms with van der Waals surface area (Å²) >= 11 is 5.87. The highest BCUT2D eigenvalue weighted by Crippen LogP contribution is 2.20. The van der Waals surface area contributed by atoms with Gasteiger partial charge in [0, 0.05) is 10.7 Å². The van der Waals surface area contributed by atoms with E-state index in [4.69, 9.17) is 16.9 Å². The van der Waals surface area contributed by atoms with Crippen LogP contribution in [0.5, 0.6) is 0 Å². The molecule has 0 bridgehead atoms. The van der Waals surface area contributed by atoms with Gasteiger partial charge < -0.3 is 5.32 Å². The lowest BCUT2D eigenvalue weighted by Crippen LogP contribution is -2.19. The fourth-order valence-electron chi connectivity index (χ4n) is 1.49. The van der Waals surface area contributed by atoms with Gasteiger partial charge in [0.25, 0.3) is 5.82 Å². The first-order valence-corrected chi connectivity index (χ1v) is 5.82. The van der Waals surface area contributed by atoms with Crippen LogP contribution >= 0.6 is 11.6 Å². The predicted molar refractivity (Wildman–Crippen MR) is 69.6 cm³/mol. The Morgan fingerprint density at radius 1 is 1.58 bits per heavy atom. The van der Waals surface area contributed by atoms with E-state index in [0.29, 0.717) is 10.7 Å². The number of nitrogens with zero attached hydrogens (tertiary/aromatic N) is 4. The van der Waals surface area contributed by atoms with E-state index in [2.05, 4.69) is 15.4 Å². The summed E-state index contributed by atoms with van der Waals surface area (Å²) in [5.74, 6) is -0.230. The summed E-state index contributed by atoms with van der Waals surface area (Å²) < 4.78 is 1.30. The molecule has 0 unspecified atom stereocenters. The number of carbonyl (C=O) groups excluding carboxylic acids is 1. The topological polar surface area (TPSA) is 83.6 Å². The van der Waals surface area contributed by atoms with E-state index in [1.54, 1.807) is 18.2 Å². The number of nitrogens with one attached hydrogen (secondary N) is 1. The van der Waals surface area contributed by atoms with Crippen molar-refractivity contribution in [2.45, 2.75) is 13.5 Å². The Kier molecular flexibility index (Phi) is 3.78.